The topological polar surface area (TPSA) is 9.23 Å². The quantitative estimate of drug-likeness (QED) is 0.471. The number of rotatable bonds is 0. The van der Waals surface area contributed by atoms with Crippen LogP contribution in [0.1, 0.15) is 6.42 Å². The number of fused-ring (bicyclic) bond motifs is 2. The summed E-state index contributed by atoms with van der Waals surface area (Å²) >= 11 is 0. The molecule has 0 amide bonds. The Bertz CT molecular complexity index is 216. The Morgan fingerprint density at radius 1 is 1.50 bits per heavy atom. The van der Waals surface area contributed by atoms with Crippen molar-refractivity contribution in [2.45, 2.75) is 18.6 Å². The van der Waals surface area contributed by atoms with Gasteiger partial charge < -0.3 is 4.74 Å². The minimum atomic E-state index is -1.57. The summed E-state index contributed by atoms with van der Waals surface area (Å²) < 4.78 is 29.0. The van der Waals surface area contributed by atoms with Crippen LogP contribution in [-0.2, 0) is 4.74 Å². The van der Waals surface area contributed by atoms with Crippen LogP contribution in [0, 0.1) is 0 Å². The molecule has 2 aliphatic heterocycles. The Morgan fingerprint density at radius 3 is 2.60 bits per heavy atom. The van der Waals surface area contributed by atoms with Gasteiger partial charge in [0.2, 0.25) is 0 Å². The largest absolute Gasteiger partial charge is 0.362 e. The second-order valence-electron chi connectivity index (χ2n) is 2.47. The highest BCUT2D eigenvalue weighted by molar-refractivity contribution is 5.28. The first kappa shape index (κ1) is 6.04. The molecule has 2 unspecified atom stereocenters. The molecular weight excluding hydrogens is 138 g/mol. The van der Waals surface area contributed by atoms with Gasteiger partial charge in [0.25, 0.3) is 6.08 Å². The number of ether oxygens (including phenoxy) is 1. The summed E-state index contributed by atoms with van der Waals surface area (Å²) in [6.07, 6.45) is 1.82. The van der Waals surface area contributed by atoms with Crippen molar-refractivity contribution in [3.63, 3.8) is 0 Å². The average molecular weight is 144 g/mol. The molecule has 2 atom stereocenters. The van der Waals surface area contributed by atoms with Crippen LogP contribution in [0.2, 0.25) is 0 Å². The molecule has 2 aliphatic rings. The molecule has 2 heterocycles. The maximum absolute atomic E-state index is 12.0. The highest BCUT2D eigenvalue weighted by Gasteiger charge is 2.34. The van der Waals surface area contributed by atoms with Gasteiger partial charge >= 0.3 is 0 Å². The molecule has 2 rings (SSSR count). The number of hydrogen-bond acceptors (Lipinski definition) is 1. The molecule has 0 saturated carbocycles. The van der Waals surface area contributed by atoms with E-state index < -0.39 is 12.2 Å². The predicted molar refractivity (Wildman–Crippen MR) is 31.7 cm³/mol. The zero-order valence-corrected chi connectivity index (χ0v) is 5.18. The normalized spacial score (nSPS) is 35.6. The van der Waals surface area contributed by atoms with Crippen LogP contribution in [-0.4, -0.2) is 12.2 Å². The molecule has 54 valence electrons. The Hall–Kier alpha value is -0.700. The summed E-state index contributed by atoms with van der Waals surface area (Å²) in [7, 11) is 0. The van der Waals surface area contributed by atoms with Crippen molar-refractivity contribution in [3.05, 3.63) is 23.8 Å². The van der Waals surface area contributed by atoms with Crippen molar-refractivity contribution in [2.24, 2.45) is 0 Å². The second kappa shape index (κ2) is 1.89. The van der Waals surface area contributed by atoms with Crippen LogP contribution in [0.3, 0.4) is 0 Å². The monoisotopic (exact) mass is 144 g/mol. The van der Waals surface area contributed by atoms with Gasteiger partial charge in [-0.25, -0.2) is 0 Å². The Balaban J connectivity index is 2.32. The van der Waals surface area contributed by atoms with Crippen LogP contribution in [0.4, 0.5) is 8.78 Å². The van der Waals surface area contributed by atoms with E-state index in [-0.39, 0.29) is 11.7 Å². The lowest BCUT2D eigenvalue weighted by Gasteiger charge is -2.00. The van der Waals surface area contributed by atoms with E-state index in [1.165, 1.54) is 0 Å². The van der Waals surface area contributed by atoms with E-state index in [0.29, 0.717) is 6.42 Å². The number of halogens is 2. The van der Waals surface area contributed by atoms with Gasteiger partial charge in [-0.2, -0.15) is 8.78 Å². The molecule has 10 heavy (non-hydrogen) atoms. The Morgan fingerprint density at radius 2 is 2.30 bits per heavy atom. The standard InChI is InChI=1S/C7H6F2O/c8-7(9)5-3-4-1-2-6(5)10-4/h1-2,4,6H,3H2. The molecule has 1 saturated heterocycles. The van der Waals surface area contributed by atoms with Crippen LogP contribution in [0.15, 0.2) is 23.8 Å². The van der Waals surface area contributed by atoms with Crippen LogP contribution in [0.5, 0.6) is 0 Å². The lowest BCUT2D eigenvalue weighted by Crippen LogP contribution is -2.00. The fourth-order valence-electron chi connectivity index (χ4n) is 1.34. The lowest BCUT2D eigenvalue weighted by molar-refractivity contribution is 0.126. The Labute approximate surface area is 57.0 Å². The third-order valence-corrected chi connectivity index (χ3v) is 1.83. The van der Waals surface area contributed by atoms with Gasteiger partial charge in [0.05, 0.1) is 6.10 Å². The lowest BCUT2D eigenvalue weighted by atomic mass is 10.0. The molecule has 2 bridgehead atoms. The SMILES string of the molecule is FC(F)=C1CC2C=CC1O2. The van der Waals surface area contributed by atoms with Crippen molar-refractivity contribution >= 4 is 0 Å². The molecule has 1 nitrogen and oxygen atoms in total. The van der Waals surface area contributed by atoms with Crippen molar-refractivity contribution in [3.8, 4) is 0 Å². The van der Waals surface area contributed by atoms with Gasteiger partial charge in [0.15, 0.2) is 0 Å². The van der Waals surface area contributed by atoms with E-state index in [2.05, 4.69) is 0 Å². The van der Waals surface area contributed by atoms with Crippen LogP contribution in [0.25, 0.3) is 0 Å². The molecular formula is C7H6F2O. The van der Waals surface area contributed by atoms with E-state index in [0.717, 1.165) is 0 Å². The summed E-state index contributed by atoms with van der Waals surface area (Å²) in [6.45, 7) is 0. The van der Waals surface area contributed by atoms with Gasteiger partial charge in [0, 0.05) is 12.0 Å². The van der Waals surface area contributed by atoms with Gasteiger partial charge in [-0.05, 0) is 0 Å². The zero-order chi connectivity index (χ0) is 7.14. The predicted octanol–water partition coefficient (Wildman–Crippen LogP) is 1.86. The molecule has 0 aromatic heterocycles. The van der Waals surface area contributed by atoms with E-state index in [4.69, 9.17) is 4.74 Å². The summed E-state index contributed by atoms with van der Waals surface area (Å²) in [4.78, 5) is 0. The minimum Gasteiger partial charge on any atom is -0.362 e. The smallest absolute Gasteiger partial charge is 0.272 e. The molecule has 0 spiro atoms. The summed E-state index contributed by atoms with van der Waals surface area (Å²) in [5, 5.41) is 0. The van der Waals surface area contributed by atoms with E-state index in [9.17, 15) is 8.78 Å². The first-order valence-electron chi connectivity index (χ1n) is 3.15. The zero-order valence-electron chi connectivity index (χ0n) is 5.18. The van der Waals surface area contributed by atoms with Gasteiger partial charge in [-0.3, -0.25) is 0 Å². The fourth-order valence-corrected chi connectivity index (χ4v) is 1.34. The minimum absolute atomic E-state index is 0.0819. The van der Waals surface area contributed by atoms with E-state index in [1.807, 2.05) is 6.08 Å². The second-order valence-corrected chi connectivity index (χ2v) is 2.47. The van der Waals surface area contributed by atoms with Crippen molar-refractivity contribution in [2.75, 3.05) is 0 Å². The van der Waals surface area contributed by atoms with Gasteiger partial charge in [-0.15, -0.1) is 0 Å². The van der Waals surface area contributed by atoms with Crippen molar-refractivity contribution in [1.29, 1.82) is 0 Å². The van der Waals surface area contributed by atoms with Gasteiger partial charge in [-0.1, -0.05) is 12.2 Å². The van der Waals surface area contributed by atoms with Crippen LogP contribution < -0.4 is 0 Å². The summed E-state index contributed by atoms with van der Waals surface area (Å²) in [6, 6.07) is 0. The molecule has 0 aliphatic carbocycles. The maximum atomic E-state index is 12.0. The molecule has 3 heteroatoms. The third kappa shape index (κ3) is 0.703. The summed E-state index contributed by atoms with van der Waals surface area (Å²) in [5.41, 5.74) is 0.160. The molecule has 0 radical (unpaired) electrons. The van der Waals surface area contributed by atoms with E-state index in [1.54, 1.807) is 6.08 Å². The Kier molecular flexibility index (Phi) is 1.14. The highest BCUT2D eigenvalue weighted by atomic mass is 19.3. The first-order valence-corrected chi connectivity index (χ1v) is 3.15. The average Bonchev–Trinajstić information content (AvgIpc) is 2.44. The van der Waals surface area contributed by atoms with E-state index >= 15 is 0 Å². The van der Waals surface area contributed by atoms with Crippen molar-refractivity contribution < 1.29 is 13.5 Å². The number of hydrogen-bond donors (Lipinski definition) is 0. The first-order chi connectivity index (χ1) is 4.77. The molecule has 0 N–H and O–H groups in total. The maximum Gasteiger partial charge on any atom is 0.272 e. The molecule has 0 aromatic carbocycles. The van der Waals surface area contributed by atoms with Crippen molar-refractivity contribution in [1.82, 2.24) is 0 Å². The fraction of sp³-hybridized carbons (Fsp3) is 0.429. The molecule has 1 fully saturated rings. The molecule has 0 aromatic rings. The summed E-state index contributed by atoms with van der Waals surface area (Å²) in [5.74, 6) is 0. The van der Waals surface area contributed by atoms with Crippen LogP contribution >= 0.6 is 0 Å². The van der Waals surface area contributed by atoms with Gasteiger partial charge in [0.1, 0.15) is 6.10 Å². The third-order valence-electron chi connectivity index (χ3n) is 1.83. The highest BCUT2D eigenvalue weighted by Crippen LogP contribution is 2.35.